The molecular weight excluding hydrogens is 462 g/mol. The predicted molar refractivity (Wildman–Crippen MR) is 134 cm³/mol. The number of rotatable bonds is 6. The van der Waals surface area contributed by atoms with Crippen LogP contribution >= 0.6 is 0 Å². The number of benzene rings is 4. The van der Waals surface area contributed by atoms with Crippen LogP contribution in [0.15, 0.2) is 106 Å². The van der Waals surface area contributed by atoms with E-state index >= 15 is 0 Å². The standard InChI is InChI=1S/C28H17NO7/c30-27(13-8-18-4-3-7-21(14-18)29(32)33)36-23-11-12-24-25(16-23)34-17-26(28(24)31)35-22-10-9-19-5-1-2-6-20(19)15-22/h1-17H/b13-8+. The summed E-state index contributed by atoms with van der Waals surface area (Å²) in [7, 11) is 0. The highest BCUT2D eigenvalue weighted by Gasteiger charge is 2.12. The number of hydrogen-bond donors (Lipinski definition) is 0. The van der Waals surface area contributed by atoms with Gasteiger partial charge in [0.2, 0.25) is 11.2 Å². The van der Waals surface area contributed by atoms with Crippen LogP contribution < -0.4 is 14.9 Å². The Morgan fingerprint density at radius 2 is 1.69 bits per heavy atom. The number of carbonyl (C=O) groups is 1. The van der Waals surface area contributed by atoms with Crippen molar-refractivity contribution in [2.45, 2.75) is 0 Å². The molecule has 0 saturated carbocycles. The van der Waals surface area contributed by atoms with Crippen LogP contribution in [-0.4, -0.2) is 10.9 Å². The van der Waals surface area contributed by atoms with Crippen molar-refractivity contribution in [3.63, 3.8) is 0 Å². The van der Waals surface area contributed by atoms with E-state index in [2.05, 4.69) is 0 Å². The van der Waals surface area contributed by atoms with Crippen LogP contribution in [0.2, 0.25) is 0 Å². The number of esters is 1. The van der Waals surface area contributed by atoms with Gasteiger partial charge >= 0.3 is 5.97 Å². The smallest absolute Gasteiger partial charge is 0.336 e. The highest BCUT2D eigenvalue weighted by molar-refractivity contribution is 5.89. The van der Waals surface area contributed by atoms with Crippen molar-refractivity contribution in [1.82, 2.24) is 0 Å². The molecule has 5 aromatic rings. The summed E-state index contributed by atoms with van der Waals surface area (Å²) < 4.78 is 16.6. The third kappa shape index (κ3) is 4.83. The normalized spacial score (nSPS) is 11.1. The number of ether oxygens (including phenoxy) is 2. The molecular formula is C28H17NO7. The molecule has 0 atom stereocenters. The summed E-state index contributed by atoms with van der Waals surface area (Å²) in [4.78, 5) is 35.5. The number of nitro groups is 1. The Bertz CT molecular complexity index is 1720. The number of nitrogens with zero attached hydrogens (tertiary/aromatic N) is 1. The summed E-state index contributed by atoms with van der Waals surface area (Å²) in [5.41, 5.74) is 0.246. The Morgan fingerprint density at radius 1 is 0.889 bits per heavy atom. The van der Waals surface area contributed by atoms with Crippen molar-refractivity contribution in [2.24, 2.45) is 0 Å². The van der Waals surface area contributed by atoms with Crippen molar-refractivity contribution in [2.75, 3.05) is 0 Å². The first-order chi connectivity index (χ1) is 17.5. The summed E-state index contributed by atoms with van der Waals surface area (Å²) in [6, 6.07) is 23.5. The van der Waals surface area contributed by atoms with Gasteiger partial charge in [-0.15, -0.1) is 0 Å². The molecule has 0 aliphatic rings. The second-order valence-electron chi connectivity index (χ2n) is 7.80. The first-order valence-corrected chi connectivity index (χ1v) is 10.8. The Kier molecular flexibility index (Phi) is 5.98. The van der Waals surface area contributed by atoms with E-state index in [0.29, 0.717) is 11.3 Å². The second-order valence-corrected chi connectivity index (χ2v) is 7.80. The van der Waals surface area contributed by atoms with Gasteiger partial charge in [-0.3, -0.25) is 14.9 Å². The molecule has 4 aromatic carbocycles. The van der Waals surface area contributed by atoms with Crippen LogP contribution in [0.3, 0.4) is 0 Å². The minimum absolute atomic E-state index is 0.0300. The lowest BCUT2D eigenvalue weighted by molar-refractivity contribution is -0.384. The molecule has 0 aliphatic heterocycles. The lowest BCUT2D eigenvalue weighted by Crippen LogP contribution is -2.06. The fraction of sp³-hybridized carbons (Fsp3) is 0. The zero-order chi connectivity index (χ0) is 25.1. The van der Waals surface area contributed by atoms with Crippen LogP contribution in [0, 0.1) is 10.1 Å². The van der Waals surface area contributed by atoms with Gasteiger partial charge in [0.25, 0.3) is 5.69 Å². The fourth-order valence-electron chi connectivity index (χ4n) is 3.64. The van der Waals surface area contributed by atoms with Gasteiger partial charge in [0, 0.05) is 24.3 Å². The topological polar surface area (TPSA) is 109 Å². The molecule has 0 spiro atoms. The third-order valence-corrected chi connectivity index (χ3v) is 5.37. The Balaban J connectivity index is 1.32. The second kappa shape index (κ2) is 9.55. The summed E-state index contributed by atoms with van der Waals surface area (Å²) >= 11 is 0. The highest BCUT2D eigenvalue weighted by atomic mass is 16.6. The number of carbonyl (C=O) groups excluding carboxylic acids is 1. The molecule has 0 bridgehead atoms. The molecule has 0 amide bonds. The first-order valence-electron chi connectivity index (χ1n) is 10.8. The molecule has 8 nitrogen and oxygen atoms in total. The van der Waals surface area contributed by atoms with Crippen molar-refractivity contribution < 1.29 is 23.6 Å². The Labute approximate surface area is 203 Å². The average Bonchev–Trinajstić information content (AvgIpc) is 2.89. The van der Waals surface area contributed by atoms with Crippen LogP contribution in [0.4, 0.5) is 5.69 Å². The molecule has 8 heteroatoms. The Morgan fingerprint density at radius 3 is 2.53 bits per heavy atom. The molecule has 0 fully saturated rings. The highest BCUT2D eigenvalue weighted by Crippen LogP contribution is 2.27. The minimum Gasteiger partial charge on any atom is -0.460 e. The SMILES string of the molecule is O=C(/C=C/c1cccc([N+](=O)[O-])c1)Oc1ccc2c(=O)c(Oc3ccc4ccccc4c3)coc2c1. The maximum absolute atomic E-state index is 12.9. The molecule has 0 unspecified atom stereocenters. The van der Waals surface area contributed by atoms with Gasteiger partial charge < -0.3 is 13.9 Å². The molecule has 1 aromatic heterocycles. The van der Waals surface area contributed by atoms with Crippen LogP contribution in [0.25, 0.3) is 27.8 Å². The zero-order valence-corrected chi connectivity index (χ0v) is 18.6. The largest absolute Gasteiger partial charge is 0.460 e. The van der Waals surface area contributed by atoms with Crippen molar-refractivity contribution in [1.29, 1.82) is 0 Å². The fourth-order valence-corrected chi connectivity index (χ4v) is 3.64. The molecule has 1 heterocycles. The van der Waals surface area contributed by atoms with E-state index in [0.717, 1.165) is 16.8 Å². The zero-order valence-electron chi connectivity index (χ0n) is 18.6. The van der Waals surface area contributed by atoms with Crippen LogP contribution in [0.5, 0.6) is 17.2 Å². The monoisotopic (exact) mass is 479 g/mol. The molecule has 5 rings (SSSR count). The first kappa shape index (κ1) is 22.5. The van der Waals surface area contributed by atoms with Crippen LogP contribution in [0.1, 0.15) is 5.56 Å². The third-order valence-electron chi connectivity index (χ3n) is 5.37. The van der Waals surface area contributed by atoms with Gasteiger partial charge in [0.05, 0.1) is 10.3 Å². The molecule has 0 aliphatic carbocycles. The van der Waals surface area contributed by atoms with Gasteiger partial charge in [-0.05, 0) is 46.7 Å². The van der Waals surface area contributed by atoms with Gasteiger partial charge in [0.1, 0.15) is 23.3 Å². The molecule has 0 radical (unpaired) electrons. The molecule has 176 valence electrons. The van der Waals surface area contributed by atoms with Gasteiger partial charge in [-0.2, -0.15) is 0 Å². The predicted octanol–water partition coefficient (Wildman–Crippen LogP) is 6.27. The van der Waals surface area contributed by atoms with E-state index in [1.54, 1.807) is 12.1 Å². The van der Waals surface area contributed by atoms with Gasteiger partial charge in [-0.1, -0.05) is 42.5 Å². The lowest BCUT2D eigenvalue weighted by atomic mass is 10.1. The van der Waals surface area contributed by atoms with Gasteiger partial charge in [0.15, 0.2) is 0 Å². The van der Waals surface area contributed by atoms with E-state index < -0.39 is 10.9 Å². The number of nitro benzene ring substituents is 1. The maximum atomic E-state index is 12.9. The number of hydrogen-bond acceptors (Lipinski definition) is 7. The van der Waals surface area contributed by atoms with E-state index in [-0.39, 0.29) is 33.6 Å². The van der Waals surface area contributed by atoms with E-state index in [1.807, 2.05) is 36.4 Å². The average molecular weight is 479 g/mol. The van der Waals surface area contributed by atoms with Crippen molar-refractivity contribution >= 4 is 39.5 Å². The number of fused-ring (bicyclic) bond motifs is 2. The lowest BCUT2D eigenvalue weighted by Gasteiger charge is -2.07. The molecule has 0 saturated heterocycles. The maximum Gasteiger partial charge on any atom is 0.336 e. The van der Waals surface area contributed by atoms with E-state index in [4.69, 9.17) is 13.9 Å². The molecule has 0 N–H and O–H groups in total. The summed E-state index contributed by atoms with van der Waals surface area (Å²) in [6.45, 7) is 0. The summed E-state index contributed by atoms with van der Waals surface area (Å²) in [5.74, 6) is 0.00542. The van der Waals surface area contributed by atoms with Crippen molar-refractivity contribution in [3.8, 4) is 17.2 Å². The van der Waals surface area contributed by atoms with Gasteiger partial charge in [-0.25, -0.2) is 4.79 Å². The molecule has 36 heavy (non-hydrogen) atoms. The minimum atomic E-state index is -0.695. The Hall–Kier alpha value is -5.24. The summed E-state index contributed by atoms with van der Waals surface area (Å²) in [5, 5.41) is 13.2. The number of non-ortho nitro benzene ring substituents is 1. The van der Waals surface area contributed by atoms with E-state index in [1.165, 1.54) is 48.7 Å². The quantitative estimate of drug-likeness (QED) is 0.0929. The summed E-state index contributed by atoms with van der Waals surface area (Å²) in [6.07, 6.45) is 3.78. The van der Waals surface area contributed by atoms with Crippen LogP contribution in [-0.2, 0) is 4.79 Å². The van der Waals surface area contributed by atoms with E-state index in [9.17, 15) is 19.7 Å². The van der Waals surface area contributed by atoms with Crippen molar-refractivity contribution in [3.05, 3.63) is 123 Å².